The Hall–Kier alpha value is -1.50. The summed E-state index contributed by atoms with van der Waals surface area (Å²) in [6.07, 6.45) is 9.34. The van der Waals surface area contributed by atoms with E-state index in [2.05, 4.69) is 51.1 Å². The Bertz CT molecular complexity index is 806. The summed E-state index contributed by atoms with van der Waals surface area (Å²) < 4.78 is 1.08. The highest BCUT2D eigenvalue weighted by Crippen LogP contribution is 2.41. The molecule has 6 heteroatoms. The molecule has 28 heavy (non-hydrogen) atoms. The maximum atomic E-state index is 6.25. The zero-order chi connectivity index (χ0) is 20.9. The minimum absolute atomic E-state index is 0.151. The van der Waals surface area contributed by atoms with Gasteiger partial charge in [-0.25, -0.2) is 4.98 Å². The molecule has 0 radical (unpaired) electrons. The van der Waals surface area contributed by atoms with Crippen LogP contribution in [-0.2, 0) is 24.7 Å². The molecule has 2 aromatic rings. The fourth-order valence-electron chi connectivity index (χ4n) is 3.74. The van der Waals surface area contributed by atoms with E-state index < -0.39 is 0 Å². The minimum Gasteiger partial charge on any atom is -0.405 e. The predicted octanol–water partition coefficient (Wildman–Crippen LogP) is 5.30. The number of aromatic nitrogens is 1. The summed E-state index contributed by atoms with van der Waals surface area (Å²) in [7, 11) is 0. The average Bonchev–Trinajstić information content (AvgIpc) is 3.36. The molecule has 0 bridgehead atoms. The number of rotatable bonds is 1. The smallest absolute Gasteiger partial charge is 0.0990 e. The van der Waals surface area contributed by atoms with Gasteiger partial charge in [-0.2, -0.15) is 0 Å². The molecule has 2 aliphatic rings. The number of nitrogen functional groups attached to an aromatic ring is 1. The Morgan fingerprint density at radius 2 is 1.93 bits per heavy atom. The van der Waals surface area contributed by atoms with Crippen LogP contribution in [0.15, 0.2) is 29.3 Å². The van der Waals surface area contributed by atoms with E-state index in [1.54, 1.807) is 16.9 Å². The molecule has 4 rings (SSSR count). The number of hydrogen-bond acceptors (Lipinski definition) is 6. The summed E-state index contributed by atoms with van der Waals surface area (Å²) >= 11 is 2.93. The molecule has 1 unspecified atom stereocenters. The number of thiazole rings is 1. The quantitative estimate of drug-likeness (QED) is 0.432. The minimum atomic E-state index is 0.151. The van der Waals surface area contributed by atoms with E-state index >= 15 is 0 Å². The van der Waals surface area contributed by atoms with Crippen LogP contribution < -0.4 is 16.6 Å². The second kappa shape index (κ2) is 9.81. The van der Waals surface area contributed by atoms with Crippen molar-refractivity contribution in [2.75, 3.05) is 5.73 Å². The monoisotopic (exact) mass is 418 g/mol. The number of nitrogens with zero attached hydrogens (tertiary/aromatic N) is 1. The third-order valence-electron chi connectivity index (χ3n) is 5.19. The molecule has 4 nitrogen and oxygen atoms in total. The van der Waals surface area contributed by atoms with E-state index in [9.17, 15) is 0 Å². The fourth-order valence-corrected chi connectivity index (χ4v) is 4.99. The highest BCUT2D eigenvalue weighted by molar-refractivity contribution is 7.99. The topological polar surface area (TPSA) is 90.9 Å². The first-order valence-corrected chi connectivity index (χ1v) is 11.5. The average molecular weight is 419 g/mol. The van der Waals surface area contributed by atoms with Crippen LogP contribution in [0.25, 0.3) is 0 Å². The standard InChI is InChI=1S/C13H17N.C7H12N2S2.C2H5N/c1-8-5-6-11-12(8)7-9-3-2-4-10(9)13(11)14;1-7(2,3)6-9-4-5(10-6)11-8;1-2-3/h7-8H,2-6,14H2,1H3;4H,8H2,1-3H3;2H,1,3H2. The third-order valence-corrected chi connectivity index (χ3v) is 7.28. The Kier molecular flexibility index (Phi) is 7.98. The van der Waals surface area contributed by atoms with E-state index in [1.807, 2.05) is 6.20 Å². The van der Waals surface area contributed by atoms with Crippen molar-refractivity contribution in [3.63, 3.8) is 0 Å². The van der Waals surface area contributed by atoms with Gasteiger partial charge in [-0.1, -0.05) is 40.3 Å². The number of anilines is 1. The molecule has 0 spiro atoms. The van der Waals surface area contributed by atoms with Crippen LogP contribution in [0.2, 0.25) is 0 Å². The summed E-state index contributed by atoms with van der Waals surface area (Å²) in [5.74, 6) is 0.734. The van der Waals surface area contributed by atoms with Gasteiger partial charge < -0.3 is 11.5 Å². The highest BCUT2D eigenvalue weighted by atomic mass is 32.2. The Balaban J connectivity index is 0.000000181. The Labute approximate surface area is 178 Å². The highest BCUT2D eigenvalue weighted by Gasteiger charge is 2.25. The summed E-state index contributed by atoms with van der Waals surface area (Å²) in [6.45, 7) is 11.9. The number of hydrogen-bond donors (Lipinski definition) is 3. The van der Waals surface area contributed by atoms with Crippen molar-refractivity contribution in [1.82, 2.24) is 4.98 Å². The second-order valence-electron chi connectivity index (χ2n) is 8.38. The van der Waals surface area contributed by atoms with Gasteiger partial charge >= 0.3 is 0 Å². The number of fused-ring (bicyclic) bond motifs is 2. The molecule has 1 atom stereocenters. The van der Waals surface area contributed by atoms with Crippen LogP contribution in [0.4, 0.5) is 5.69 Å². The third kappa shape index (κ3) is 5.31. The van der Waals surface area contributed by atoms with Gasteiger partial charge in [-0.05, 0) is 78.4 Å². The van der Waals surface area contributed by atoms with Gasteiger partial charge in [0.15, 0.2) is 0 Å². The maximum absolute atomic E-state index is 6.25. The number of nitrogens with two attached hydrogens (primary N) is 3. The molecule has 6 N–H and O–H groups in total. The first kappa shape index (κ1) is 22.8. The van der Waals surface area contributed by atoms with Gasteiger partial charge in [0.1, 0.15) is 0 Å². The molecular weight excluding hydrogens is 384 g/mol. The molecule has 0 saturated heterocycles. The molecule has 1 heterocycles. The first-order chi connectivity index (χ1) is 13.2. The molecule has 0 fully saturated rings. The van der Waals surface area contributed by atoms with Crippen molar-refractivity contribution in [2.24, 2.45) is 10.9 Å². The SMILES string of the molecule is C=CN.CC(C)(C)c1ncc(SN)s1.CC1CCc2c1cc1c(c2N)CCC1. The summed E-state index contributed by atoms with van der Waals surface area (Å²) in [5, 5.41) is 6.54. The lowest BCUT2D eigenvalue weighted by molar-refractivity contribution is 0.585. The Morgan fingerprint density at radius 3 is 2.46 bits per heavy atom. The summed E-state index contributed by atoms with van der Waals surface area (Å²) in [4.78, 5) is 4.28. The van der Waals surface area contributed by atoms with Crippen molar-refractivity contribution in [1.29, 1.82) is 0 Å². The van der Waals surface area contributed by atoms with Gasteiger partial charge in [0, 0.05) is 11.1 Å². The van der Waals surface area contributed by atoms with Crippen LogP contribution in [0.3, 0.4) is 0 Å². The van der Waals surface area contributed by atoms with Crippen molar-refractivity contribution in [3.05, 3.63) is 52.3 Å². The zero-order valence-electron chi connectivity index (χ0n) is 17.5. The molecule has 0 aliphatic heterocycles. The van der Waals surface area contributed by atoms with Crippen molar-refractivity contribution in [3.8, 4) is 0 Å². The van der Waals surface area contributed by atoms with Crippen molar-refractivity contribution >= 4 is 29.0 Å². The predicted molar refractivity (Wildman–Crippen MR) is 125 cm³/mol. The largest absolute Gasteiger partial charge is 0.405 e. The van der Waals surface area contributed by atoms with Gasteiger partial charge in [-0.15, -0.1) is 11.3 Å². The van der Waals surface area contributed by atoms with Crippen LogP contribution >= 0.6 is 23.3 Å². The summed E-state index contributed by atoms with van der Waals surface area (Å²) in [6, 6.07) is 2.44. The zero-order valence-corrected chi connectivity index (χ0v) is 19.2. The van der Waals surface area contributed by atoms with E-state index in [0.29, 0.717) is 0 Å². The van der Waals surface area contributed by atoms with Gasteiger partial charge in [-0.3, -0.25) is 5.14 Å². The van der Waals surface area contributed by atoms with E-state index in [-0.39, 0.29) is 5.41 Å². The summed E-state index contributed by atoms with van der Waals surface area (Å²) in [5.41, 5.74) is 18.2. The Morgan fingerprint density at radius 1 is 1.25 bits per heavy atom. The lowest BCUT2D eigenvalue weighted by atomic mass is 9.96. The maximum Gasteiger partial charge on any atom is 0.0990 e. The lowest BCUT2D eigenvalue weighted by Gasteiger charge is -2.13. The van der Waals surface area contributed by atoms with Crippen molar-refractivity contribution in [2.45, 2.75) is 75.3 Å². The van der Waals surface area contributed by atoms with Crippen LogP contribution in [0.5, 0.6) is 0 Å². The normalized spacial score (nSPS) is 17.0. The number of benzene rings is 1. The van der Waals surface area contributed by atoms with Crippen LogP contribution in [0, 0.1) is 0 Å². The van der Waals surface area contributed by atoms with E-state index in [4.69, 9.17) is 10.9 Å². The molecule has 0 amide bonds. The van der Waals surface area contributed by atoms with Gasteiger partial charge in [0.25, 0.3) is 0 Å². The van der Waals surface area contributed by atoms with E-state index in [1.165, 1.54) is 66.9 Å². The molecule has 0 saturated carbocycles. The van der Waals surface area contributed by atoms with Gasteiger partial charge in [0.05, 0.1) is 15.4 Å². The first-order valence-electron chi connectivity index (χ1n) is 9.81. The molecule has 1 aromatic heterocycles. The van der Waals surface area contributed by atoms with Crippen LogP contribution in [-0.4, -0.2) is 4.98 Å². The molecule has 1 aromatic carbocycles. The lowest BCUT2D eigenvalue weighted by Crippen LogP contribution is -2.09. The van der Waals surface area contributed by atoms with E-state index in [0.717, 1.165) is 20.8 Å². The molecule has 2 aliphatic carbocycles. The molecular formula is C22H34N4S2. The fraction of sp³-hybridized carbons (Fsp3) is 0.500. The number of aryl methyl sites for hydroxylation is 1. The van der Waals surface area contributed by atoms with Crippen LogP contribution in [0.1, 0.15) is 73.7 Å². The van der Waals surface area contributed by atoms with Gasteiger partial charge in [0.2, 0.25) is 0 Å². The second-order valence-corrected chi connectivity index (χ2v) is 10.3. The van der Waals surface area contributed by atoms with Crippen molar-refractivity contribution < 1.29 is 0 Å². The molecule has 154 valence electrons.